The lowest BCUT2D eigenvalue weighted by Crippen LogP contribution is -2.08. The number of halogens is 4. The number of hydrogen-bond donors (Lipinski definition) is 0. The van der Waals surface area contributed by atoms with Crippen molar-refractivity contribution in [2.75, 3.05) is 7.11 Å². The molecular formula is C21H15F4N3O. The highest BCUT2D eigenvalue weighted by Crippen LogP contribution is 2.38. The van der Waals surface area contributed by atoms with Crippen LogP contribution in [0.1, 0.15) is 11.3 Å². The van der Waals surface area contributed by atoms with Gasteiger partial charge in [-0.25, -0.2) is 14.1 Å². The van der Waals surface area contributed by atoms with E-state index in [-0.39, 0.29) is 22.4 Å². The highest BCUT2D eigenvalue weighted by molar-refractivity contribution is 5.87. The second-order valence-corrected chi connectivity index (χ2v) is 6.45. The molecule has 0 aliphatic heterocycles. The SMILES string of the molecule is COc1ccc(-c2cc(C(F)(F)F)c3c(C)nn(-c4ccc(F)cc4)c3n2)cc1. The lowest BCUT2D eigenvalue weighted by atomic mass is 10.0. The maximum Gasteiger partial charge on any atom is 0.417 e. The Hall–Kier alpha value is -3.42. The molecule has 0 radical (unpaired) electrons. The van der Waals surface area contributed by atoms with Crippen molar-refractivity contribution in [1.29, 1.82) is 0 Å². The number of pyridine rings is 1. The van der Waals surface area contributed by atoms with Crippen molar-refractivity contribution in [1.82, 2.24) is 14.8 Å². The van der Waals surface area contributed by atoms with Gasteiger partial charge in [0, 0.05) is 5.56 Å². The van der Waals surface area contributed by atoms with Gasteiger partial charge in [-0.2, -0.15) is 18.3 Å². The third kappa shape index (κ3) is 3.41. The molecule has 29 heavy (non-hydrogen) atoms. The molecule has 148 valence electrons. The molecule has 8 heteroatoms. The molecule has 0 unspecified atom stereocenters. The number of nitrogens with zero attached hydrogens (tertiary/aromatic N) is 3. The summed E-state index contributed by atoms with van der Waals surface area (Å²) in [5.41, 5.74) is 0.481. The molecule has 0 atom stereocenters. The largest absolute Gasteiger partial charge is 0.497 e. The van der Waals surface area contributed by atoms with Crippen LogP contribution < -0.4 is 4.74 Å². The number of fused-ring (bicyclic) bond motifs is 1. The highest BCUT2D eigenvalue weighted by atomic mass is 19.4. The maximum absolute atomic E-state index is 13.8. The average molecular weight is 401 g/mol. The Balaban J connectivity index is 2.01. The maximum atomic E-state index is 13.8. The summed E-state index contributed by atoms with van der Waals surface area (Å²) in [5, 5.41) is 4.15. The van der Waals surface area contributed by atoms with Crippen molar-refractivity contribution in [3.8, 4) is 22.7 Å². The predicted molar refractivity (Wildman–Crippen MR) is 101 cm³/mol. The van der Waals surface area contributed by atoms with Gasteiger partial charge in [0.05, 0.1) is 35.1 Å². The van der Waals surface area contributed by atoms with Crippen molar-refractivity contribution < 1.29 is 22.3 Å². The van der Waals surface area contributed by atoms with Crippen molar-refractivity contribution in [2.45, 2.75) is 13.1 Å². The molecule has 4 rings (SSSR count). The molecule has 0 N–H and O–H groups in total. The topological polar surface area (TPSA) is 39.9 Å². The van der Waals surface area contributed by atoms with Gasteiger partial charge in [-0.1, -0.05) is 0 Å². The Morgan fingerprint density at radius 3 is 2.21 bits per heavy atom. The van der Waals surface area contributed by atoms with E-state index in [0.29, 0.717) is 17.0 Å². The second kappa shape index (κ2) is 6.88. The molecule has 0 aliphatic rings. The Bertz CT molecular complexity index is 1180. The summed E-state index contributed by atoms with van der Waals surface area (Å²) in [6.07, 6.45) is -4.59. The fourth-order valence-corrected chi connectivity index (χ4v) is 3.18. The number of ether oxygens (including phenoxy) is 1. The van der Waals surface area contributed by atoms with E-state index in [9.17, 15) is 17.6 Å². The summed E-state index contributed by atoms with van der Waals surface area (Å²) >= 11 is 0. The van der Waals surface area contributed by atoms with E-state index in [1.165, 1.54) is 43.0 Å². The van der Waals surface area contributed by atoms with Crippen LogP contribution in [0.2, 0.25) is 0 Å². The first kappa shape index (κ1) is 18.9. The molecule has 0 aliphatic carbocycles. The third-order valence-electron chi connectivity index (χ3n) is 4.58. The van der Waals surface area contributed by atoms with Gasteiger partial charge in [-0.15, -0.1) is 0 Å². The molecule has 4 nitrogen and oxygen atoms in total. The first-order valence-corrected chi connectivity index (χ1v) is 8.66. The van der Waals surface area contributed by atoms with E-state index in [1.54, 1.807) is 24.3 Å². The molecule has 2 aromatic heterocycles. The number of alkyl halides is 3. The molecule has 2 heterocycles. The smallest absolute Gasteiger partial charge is 0.417 e. The number of methoxy groups -OCH3 is 1. The molecule has 0 fully saturated rings. The quantitative estimate of drug-likeness (QED) is 0.422. The van der Waals surface area contributed by atoms with Crippen LogP contribution in [-0.4, -0.2) is 21.9 Å². The normalized spacial score (nSPS) is 11.8. The van der Waals surface area contributed by atoms with E-state index in [4.69, 9.17) is 4.74 Å². The monoisotopic (exact) mass is 401 g/mol. The zero-order valence-corrected chi connectivity index (χ0v) is 15.5. The average Bonchev–Trinajstić information content (AvgIpc) is 3.04. The fraction of sp³-hybridized carbons (Fsp3) is 0.143. The molecule has 2 aromatic carbocycles. The predicted octanol–water partition coefficient (Wildman–Crippen LogP) is 5.56. The minimum absolute atomic E-state index is 0.0507. The van der Waals surface area contributed by atoms with Crippen LogP contribution in [0.15, 0.2) is 54.6 Å². The Morgan fingerprint density at radius 2 is 1.62 bits per heavy atom. The van der Waals surface area contributed by atoms with E-state index in [2.05, 4.69) is 10.1 Å². The summed E-state index contributed by atoms with van der Waals surface area (Å²) in [4.78, 5) is 4.46. The van der Waals surface area contributed by atoms with E-state index in [1.807, 2.05) is 0 Å². The molecule has 0 bridgehead atoms. The van der Waals surface area contributed by atoms with E-state index in [0.717, 1.165) is 6.07 Å². The number of hydrogen-bond acceptors (Lipinski definition) is 3. The first-order chi connectivity index (χ1) is 13.8. The van der Waals surface area contributed by atoms with Crippen molar-refractivity contribution in [3.05, 3.63) is 71.7 Å². The second-order valence-electron chi connectivity index (χ2n) is 6.45. The van der Waals surface area contributed by atoms with Crippen molar-refractivity contribution in [2.24, 2.45) is 0 Å². The van der Waals surface area contributed by atoms with Gasteiger partial charge in [0.2, 0.25) is 0 Å². The Kier molecular flexibility index (Phi) is 4.49. The summed E-state index contributed by atoms with van der Waals surface area (Å²) in [6, 6.07) is 12.9. The Labute approximate surface area is 163 Å². The molecule has 4 aromatic rings. The lowest BCUT2D eigenvalue weighted by Gasteiger charge is -2.12. The fourth-order valence-electron chi connectivity index (χ4n) is 3.18. The van der Waals surface area contributed by atoms with Gasteiger partial charge in [0.1, 0.15) is 11.6 Å². The van der Waals surface area contributed by atoms with Crippen LogP contribution in [0.25, 0.3) is 28.0 Å². The lowest BCUT2D eigenvalue weighted by molar-refractivity contribution is -0.136. The zero-order chi connectivity index (χ0) is 20.8. The van der Waals surface area contributed by atoms with Crippen LogP contribution in [0.5, 0.6) is 5.75 Å². The summed E-state index contributed by atoms with van der Waals surface area (Å²) in [5.74, 6) is 0.128. The van der Waals surface area contributed by atoms with Crippen LogP contribution in [0.4, 0.5) is 17.6 Å². The molecular weight excluding hydrogens is 386 g/mol. The number of benzene rings is 2. The highest BCUT2D eigenvalue weighted by Gasteiger charge is 2.35. The molecule has 0 saturated carbocycles. The third-order valence-corrected chi connectivity index (χ3v) is 4.58. The van der Waals surface area contributed by atoms with E-state index >= 15 is 0 Å². The van der Waals surface area contributed by atoms with Gasteiger partial charge in [-0.3, -0.25) is 0 Å². The first-order valence-electron chi connectivity index (χ1n) is 8.66. The zero-order valence-electron chi connectivity index (χ0n) is 15.5. The van der Waals surface area contributed by atoms with Crippen molar-refractivity contribution in [3.63, 3.8) is 0 Å². The van der Waals surface area contributed by atoms with Crippen LogP contribution in [-0.2, 0) is 6.18 Å². The minimum Gasteiger partial charge on any atom is -0.497 e. The Morgan fingerprint density at radius 1 is 0.966 bits per heavy atom. The standard InChI is InChI=1S/C21H15F4N3O/c1-12-19-17(21(23,24)25)11-18(13-3-9-16(29-2)10-4-13)26-20(19)28(27-12)15-7-5-14(22)6-8-15/h3-11H,1-2H3. The number of aromatic nitrogens is 3. The van der Waals surface area contributed by atoms with Crippen molar-refractivity contribution >= 4 is 11.0 Å². The van der Waals surface area contributed by atoms with Gasteiger partial charge >= 0.3 is 6.18 Å². The molecule has 0 amide bonds. The van der Waals surface area contributed by atoms with Crippen LogP contribution >= 0.6 is 0 Å². The van der Waals surface area contributed by atoms with Crippen LogP contribution in [0, 0.1) is 12.7 Å². The minimum atomic E-state index is -4.59. The van der Waals surface area contributed by atoms with Crippen LogP contribution in [0.3, 0.4) is 0 Å². The van der Waals surface area contributed by atoms with E-state index < -0.39 is 17.6 Å². The van der Waals surface area contributed by atoms with Gasteiger partial charge in [-0.05, 0) is 61.5 Å². The number of rotatable bonds is 3. The van der Waals surface area contributed by atoms with Gasteiger partial charge in [0.15, 0.2) is 5.65 Å². The summed E-state index contributed by atoms with van der Waals surface area (Å²) in [6.45, 7) is 1.49. The van der Waals surface area contributed by atoms with Gasteiger partial charge < -0.3 is 4.74 Å². The summed E-state index contributed by atoms with van der Waals surface area (Å²) in [7, 11) is 1.51. The number of aryl methyl sites for hydroxylation is 1. The summed E-state index contributed by atoms with van der Waals surface area (Å²) < 4.78 is 61.2. The molecule has 0 spiro atoms. The molecule has 0 saturated heterocycles. The van der Waals surface area contributed by atoms with Gasteiger partial charge in [0.25, 0.3) is 0 Å².